The van der Waals surface area contributed by atoms with Gasteiger partial charge < -0.3 is 9.72 Å². The standard InChI is InChI=1S/C18H13BrFNO3/c1-10(24-18(23)13-8-11(20)6-7-15(13)19)17(22)14-9-21-16-5-3-2-4-12(14)16/h2-10,21H,1H3/t10-/m1/s1. The Hall–Kier alpha value is -2.47. The monoisotopic (exact) mass is 389 g/mol. The third-order valence-corrected chi connectivity index (χ3v) is 4.35. The van der Waals surface area contributed by atoms with E-state index in [1.54, 1.807) is 6.20 Å². The largest absolute Gasteiger partial charge is 0.451 e. The van der Waals surface area contributed by atoms with Gasteiger partial charge in [0, 0.05) is 27.1 Å². The molecule has 1 atom stereocenters. The molecule has 4 nitrogen and oxygen atoms in total. The van der Waals surface area contributed by atoms with Crippen molar-refractivity contribution in [3.8, 4) is 0 Å². The molecule has 0 bridgehead atoms. The molecule has 0 amide bonds. The molecule has 0 aliphatic rings. The van der Waals surface area contributed by atoms with E-state index < -0.39 is 17.9 Å². The maximum Gasteiger partial charge on any atom is 0.340 e. The van der Waals surface area contributed by atoms with Crippen LogP contribution in [0, 0.1) is 5.82 Å². The molecule has 0 spiro atoms. The van der Waals surface area contributed by atoms with Gasteiger partial charge in [0.15, 0.2) is 6.10 Å². The van der Waals surface area contributed by atoms with Gasteiger partial charge in [0.2, 0.25) is 5.78 Å². The van der Waals surface area contributed by atoms with E-state index in [2.05, 4.69) is 20.9 Å². The Kier molecular flexibility index (Phi) is 4.49. The van der Waals surface area contributed by atoms with Crippen LogP contribution in [0.25, 0.3) is 10.9 Å². The molecule has 2 aromatic carbocycles. The summed E-state index contributed by atoms with van der Waals surface area (Å²) in [4.78, 5) is 27.7. The number of H-pyrrole nitrogens is 1. The number of para-hydroxylation sites is 1. The van der Waals surface area contributed by atoms with Crippen molar-refractivity contribution in [2.75, 3.05) is 0 Å². The van der Waals surface area contributed by atoms with E-state index in [-0.39, 0.29) is 11.3 Å². The zero-order valence-electron chi connectivity index (χ0n) is 12.7. The van der Waals surface area contributed by atoms with Gasteiger partial charge in [-0.15, -0.1) is 0 Å². The van der Waals surface area contributed by atoms with Crippen LogP contribution in [0.5, 0.6) is 0 Å². The van der Waals surface area contributed by atoms with E-state index >= 15 is 0 Å². The summed E-state index contributed by atoms with van der Waals surface area (Å²) >= 11 is 3.17. The smallest absolute Gasteiger partial charge is 0.340 e. The first-order valence-corrected chi connectivity index (χ1v) is 8.03. The van der Waals surface area contributed by atoms with E-state index in [0.29, 0.717) is 10.0 Å². The van der Waals surface area contributed by atoms with E-state index in [4.69, 9.17) is 4.74 Å². The zero-order valence-corrected chi connectivity index (χ0v) is 14.3. The lowest BCUT2D eigenvalue weighted by atomic mass is 10.1. The van der Waals surface area contributed by atoms with Crippen LogP contribution in [0.2, 0.25) is 0 Å². The maximum absolute atomic E-state index is 13.3. The Labute approximate surface area is 145 Å². The van der Waals surface area contributed by atoms with Crippen LogP contribution in [0.3, 0.4) is 0 Å². The molecule has 6 heteroatoms. The Morgan fingerprint density at radius 1 is 1.17 bits per heavy atom. The van der Waals surface area contributed by atoms with Crippen molar-refractivity contribution in [3.63, 3.8) is 0 Å². The van der Waals surface area contributed by atoms with Gasteiger partial charge >= 0.3 is 5.97 Å². The molecule has 0 fully saturated rings. The topological polar surface area (TPSA) is 59.2 Å². The van der Waals surface area contributed by atoms with Crippen molar-refractivity contribution < 1.29 is 18.7 Å². The van der Waals surface area contributed by atoms with E-state index in [9.17, 15) is 14.0 Å². The third kappa shape index (κ3) is 3.10. The number of carbonyl (C=O) groups is 2. The third-order valence-electron chi connectivity index (χ3n) is 3.66. The molecule has 0 radical (unpaired) electrons. The van der Waals surface area contributed by atoms with Crippen LogP contribution in [0.4, 0.5) is 4.39 Å². The number of hydrogen-bond acceptors (Lipinski definition) is 3. The number of benzene rings is 2. The average Bonchev–Trinajstić information content (AvgIpc) is 3.00. The molecule has 1 heterocycles. The van der Waals surface area contributed by atoms with Crippen molar-refractivity contribution in [1.29, 1.82) is 0 Å². The van der Waals surface area contributed by atoms with Crippen LogP contribution in [0.15, 0.2) is 53.1 Å². The first-order valence-electron chi connectivity index (χ1n) is 7.23. The van der Waals surface area contributed by atoms with E-state index in [1.165, 1.54) is 19.1 Å². The summed E-state index contributed by atoms with van der Waals surface area (Å²) in [7, 11) is 0. The van der Waals surface area contributed by atoms with Gasteiger partial charge in [-0.25, -0.2) is 9.18 Å². The second kappa shape index (κ2) is 6.57. The van der Waals surface area contributed by atoms with Crippen LogP contribution in [-0.2, 0) is 4.74 Å². The minimum absolute atomic E-state index is 0.0357. The predicted molar refractivity (Wildman–Crippen MR) is 91.6 cm³/mol. The SMILES string of the molecule is C[C@@H](OC(=O)c1cc(F)ccc1Br)C(=O)c1c[nH]c2ccccc12. The van der Waals surface area contributed by atoms with Crippen molar-refractivity contribution in [3.05, 3.63) is 70.1 Å². The molecule has 0 unspecified atom stereocenters. The number of hydrogen-bond donors (Lipinski definition) is 1. The number of ether oxygens (including phenoxy) is 1. The molecule has 1 N–H and O–H groups in total. The highest BCUT2D eigenvalue weighted by Gasteiger charge is 2.24. The molecule has 3 rings (SSSR count). The molecule has 0 aliphatic carbocycles. The highest BCUT2D eigenvalue weighted by atomic mass is 79.9. The Bertz CT molecular complexity index is 935. The van der Waals surface area contributed by atoms with Gasteiger partial charge in [0.1, 0.15) is 5.82 Å². The Morgan fingerprint density at radius 2 is 1.92 bits per heavy atom. The maximum atomic E-state index is 13.3. The molecule has 0 aliphatic heterocycles. The first kappa shape index (κ1) is 16.4. The van der Waals surface area contributed by atoms with Crippen LogP contribution >= 0.6 is 15.9 Å². The quantitative estimate of drug-likeness (QED) is 0.527. The number of halogens is 2. The molecule has 3 aromatic rings. The summed E-state index contributed by atoms with van der Waals surface area (Å²) in [6, 6.07) is 11.1. The van der Waals surface area contributed by atoms with Gasteiger partial charge in [-0.05, 0) is 47.1 Å². The number of ketones is 1. The summed E-state index contributed by atoms with van der Waals surface area (Å²) < 4.78 is 18.9. The molecule has 122 valence electrons. The zero-order chi connectivity index (χ0) is 17.3. The van der Waals surface area contributed by atoms with E-state index in [1.807, 2.05) is 24.3 Å². The minimum atomic E-state index is -0.994. The average molecular weight is 390 g/mol. The lowest BCUT2D eigenvalue weighted by molar-refractivity contribution is 0.0318. The number of rotatable bonds is 4. The van der Waals surface area contributed by atoms with Crippen molar-refractivity contribution in [1.82, 2.24) is 4.98 Å². The Balaban J connectivity index is 1.81. The van der Waals surface area contributed by atoms with Gasteiger partial charge in [-0.1, -0.05) is 18.2 Å². The molecule has 24 heavy (non-hydrogen) atoms. The highest BCUT2D eigenvalue weighted by molar-refractivity contribution is 9.10. The summed E-state index contributed by atoms with van der Waals surface area (Å²) in [5.74, 6) is -1.64. The molecule has 1 aromatic heterocycles. The van der Waals surface area contributed by atoms with Crippen molar-refractivity contribution >= 4 is 38.6 Å². The highest BCUT2D eigenvalue weighted by Crippen LogP contribution is 2.22. The predicted octanol–water partition coefficient (Wildman–Crippen LogP) is 4.50. The second-order valence-electron chi connectivity index (χ2n) is 5.28. The Morgan fingerprint density at radius 3 is 2.71 bits per heavy atom. The fraction of sp³-hybridized carbons (Fsp3) is 0.111. The van der Waals surface area contributed by atoms with Gasteiger partial charge in [0.05, 0.1) is 5.56 Å². The summed E-state index contributed by atoms with van der Waals surface area (Å²) in [5, 5.41) is 0.761. The van der Waals surface area contributed by atoms with Crippen LogP contribution in [0.1, 0.15) is 27.6 Å². The normalized spacial score (nSPS) is 12.1. The van der Waals surface area contributed by atoms with Crippen molar-refractivity contribution in [2.45, 2.75) is 13.0 Å². The molecule has 0 saturated heterocycles. The molecule has 0 saturated carbocycles. The van der Waals surface area contributed by atoms with E-state index in [0.717, 1.165) is 17.0 Å². The molecular weight excluding hydrogens is 377 g/mol. The number of esters is 1. The van der Waals surface area contributed by atoms with Gasteiger partial charge in [0.25, 0.3) is 0 Å². The lowest BCUT2D eigenvalue weighted by Gasteiger charge is -2.12. The number of fused-ring (bicyclic) bond motifs is 1. The summed E-state index contributed by atoms with van der Waals surface area (Å²) in [6.45, 7) is 1.50. The minimum Gasteiger partial charge on any atom is -0.451 e. The van der Waals surface area contributed by atoms with Gasteiger partial charge in [-0.2, -0.15) is 0 Å². The fourth-order valence-corrected chi connectivity index (χ4v) is 2.83. The number of aromatic amines is 1. The number of nitrogens with one attached hydrogen (secondary N) is 1. The second-order valence-corrected chi connectivity index (χ2v) is 6.14. The first-order chi connectivity index (χ1) is 11.5. The summed E-state index contributed by atoms with van der Waals surface area (Å²) in [5.41, 5.74) is 1.31. The van der Waals surface area contributed by atoms with Crippen LogP contribution in [-0.4, -0.2) is 22.8 Å². The van der Waals surface area contributed by atoms with Crippen LogP contribution < -0.4 is 0 Å². The lowest BCUT2D eigenvalue weighted by Crippen LogP contribution is -2.24. The van der Waals surface area contributed by atoms with Crippen molar-refractivity contribution in [2.24, 2.45) is 0 Å². The number of carbonyl (C=O) groups excluding carboxylic acids is 2. The summed E-state index contributed by atoms with van der Waals surface area (Å²) in [6.07, 6.45) is 0.599. The fourth-order valence-electron chi connectivity index (χ4n) is 2.43. The van der Waals surface area contributed by atoms with Gasteiger partial charge in [-0.3, -0.25) is 4.79 Å². The number of aromatic nitrogens is 1. The number of Topliss-reactive ketones (excluding diaryl/α,β-unsaturated/α-hetero) is 1. The molecular formula is C18H13BrFNO3.